The molecule has 0 saturated heterocycles. The van der Waals surface area contributed by atoms with E-state index in [9.17, 15) is 0 Å². The van der Waals surface area contributed by atoms with Crippen LogP contribution < -0.4 is 0 Å². The van der Waals surface area contributed by atoms with Crippen molar-refractivity contribution in [2.45, 2.75) is 0 Å². The average Bonchev–Trinajstić information content (AvgIpc) is 2.21. The minimum Gasteiger partial charge on any atom is -0.147 e. The van der Waals surface area contributed by atoms with Crippen LogP contribution in [0.5, 0.6) is 0 Å². The zero-order valence-corrected chi connectivity index (χ0v) is 7.74. The van der Waals surface area contributed by atoms with Crippen molar-refractivity contribution in [2.75, 3.05) is 0 Å². The van der Waals surface area contributed by atoms with Crippen LogP contribution in [0.4, 0.5) is 0 Å². The van der Waals surface area contributed by atoms with E-state index >= 15 is 0 Å². The van der Waals surface area contributed by atoms with Gasteiger partial charge in [0, 0.05) is 10.8 Å². The summed E-state index contributed by atoms with van der Waals surface area (Å²) in [6.45, 7) is 0. The number of hydrogen-bond acceptors (Lipinski definition) is 2. The fraction of sp³-hybridized carbons (Fsp3) is 0. The van der Waals surface area contributed by atoms with E-state index in [1.807, 2.05) is 0 Å². The Morgan fingerprint density at radius 1 is 0.615 bits per heavy atom. The molecule has 2 rings (SSSR count). The first kappa shape index (κ1) is 11.4. The second kappa shape index (κ2) is 5.99. The second-order valence-corrected chi connectivity index (χ2v) is 2.35. The van der Waals surface area contributed by atoms with E-state index in [0.717, 1.165) is 0 Å². The minimum absolute atomic E-state index is 0. The van der Waals surface area contributed by atoms with Gasteiger partial charge in [0.1, 0.15) is 0 Å². The van der Waals surface area contributed by atoms with Gasteiger partial charge in [-0.2, -0.15) is 0 Å². The minimum atomic E-state index is 0. The molecule has 0 radical (unpaired) electrons. The van der Waals surface area contributed by atoms with Crippen LogP contribution in [-0.2, 0) is 0 Å². The van der Waals surface area contributed by atoms with Crippen molar-refractivity contribution >= 4 is 23.2 Å². The molecular formula is C10H9ClN2. The van der Waals surface area contributed by atoms with E-state index in [4.69, 9.17) is 10.8 Å². The Hall–Kier alpha value is -1.59. The van der Waals surface area contributed by atoms with Gasteiger partial charge < -0.3 is 0 Å². The van der Waals surface area contributed by atoms with Crippen molar-refractivity contribution < 1.29 is 0 Å². The Bertz CT molecular complexity index is 319. The molecule has 0 fully saturated rings. The Morgan fingerprint density at radius 3 is 1.08 bits per heavy atom. The van der Waals surface area contributed by atoms with Gasteiger partial charge in [-0.1, -0.05) is 48.5 Å². The monoisotopic (exact) mass is 192 g/mol. The van der Waals surface area contributed by atoms with Gasteiger partial charge in [-0.3, -0.25) is 0 Å². The summed E-state index contributed by atoms with van der Waals surface area (Å²) in [6, 6.07) is 16.7. The number of nitrogens with zero attached hydrogens (tertiary/aromatic N) is 2. The Kier molecular flexibility index (Phi) is 5.25. The van der Waals surface area contributed by atoms with Crippen molar-refractivity contribution in [1.29, 1.82) is 10.8 Å². The molecule has 13 heavy (non-hydrogen) atoms. The van der Waals surface area contributed by atoms with E-state index in [1.54, 1.807) is 0 Å². The van der Waals surface area contributed by atoms with Gasteiger partial charge in [0.15, 0.2) is 0 Å². The van der Waals surface area contributed by atoms with Crippen LogP contribution in [-0.4, -0.2) is 0 Å². The smallest absolute Gasteiger partial charge is 0 e. The molecule has 66 valence electrons. The largest absolute Gasteiger partial charge is 0.147 e. The summed E-state index contributed by atoms with van der Waals surface area (Å²) in [7, 11) is 0. The zero-order valence-electron chi connectivity index (χ0n) is 6.92. The molecule has 2 aromatic rings. The van der Waals surface area contributed by atoms with Crippen LogP contribution in [0.15, 0.2) is 48.5 Å². The Morgan fingerprint density at radius 2 is 0.846 bits per heavy atom. The summed E-state index contributed by atoms with van der Waals surface area (Å²) >= 11 is 0. The summed E-state index contributed by atoms with van der Waals surface area (Å²) in [5, 5.41) is 14.6. The number of halogens is 1. The van der Waals surface area contributed by atoms with E-state index in [0.29, 0.717) is 0 Å². The van der Waals surface area contributed by atoms with Crippen molar-refractivity contribution in [3.63, 3.8) is 0 Å². The normalized spacial score (nSPS) is 7.85. The van der Waals surface area contributed by atoms with Gasteiger partial charge >= 0.3 is 0 Å². The van der Waals surface area contributed by atoms with Crippen molar-refractivity contribution in [3.8, 4) is 0 Å². The lowest BCUT2D eigenvalue weighted by Gasteiger charge is -1.92. The lowest BCUT2D eigenvalue weighted by Crippen LogP contribution is -1.67. The lowest BCUT2D eigenvalue weighted by atomic mass is 10.1. The molecular weight excluding hydrogens is 184 g/mol. The lowest BCUT2D eigenvalue weighted by molar-refractivity contribution is 1.15. The molecule has 0 spiro atoms. The third-order valence-corrected chi connectivity index (χ3v) is 1.66. The highest BCUT2D eigenvalue weighted by Crippen LogP contribution is 2.11. The summed E-state index contributed by atoms with van der Waals surface area (Å²) in [4.78, 5) is 0. The zero-order chi connectivity index (χ0) is 8.81. The van der Waals surface area contributed by atoms with Crippen LogP contribution in [0, 0.1) is 10.8 Å². The van der Waals surface area contributed by atoms with Crippen LogP contribution in [0.2, 0.25) is 0 Å². The predicted molar refractivity (Wildman–Crippen MR) is 54.6 cm³/mol. The Labute approximate surface area is 83.0 Å². The fourth-order valence-corrected chi connectivity index (χ4v) is 1.13. The molecule has 2 aromatic carbocycles. The maximum atomic E-state index is 6.00. The van der Waals surface area contributed by atoms with E-state index < -0.39 is 0 Å². The number of fused-ring (bicyclic) bond motifs is 1. The number of hydrogen-bond donors (Lipinski definition) is 0. The first-order valence-corrected chi connectivity index (χ1v) is 3.60. The van der Waals surface area contributed by atoms with E-state index in [2.05, 4.69) is 48.5 Å². The summed E-state index contributed by atoms with van der Waals surface area (Å²) < 4.78 is 0. The molecule has 0 atom stereocenters. The van der Waals surface area contributed by atoms with Crippen molar-refractivity contribution in [2.24, 2.45) is 0 Å². The Balaban J connectivity index is 0.000000451. The summed E-state index contributed by atoms with van der Waals surface area (Å²) in [5.74, 6) is 0. The molecule has 0 aliphatic rings. The number of benzene rings is 2. The topological polar surface area (TPSA) is 47.6 Å². The molecule has 3 heteroatoms. The number of rotatable bonds is 0. The maximum Gasteiger partial charge on any atom is 0 e. The average molecular weight is 193 g/mol. The third-order valence-electron chi connectivity index (χ3n) is 1.66. The molecule has 0 N–H and O–H groups in total. The maximum absolute atomic E-state index is 6.00. The van der Waals surface area contributed by atoms with Crippen LogP contribution in [0.25, 0.3) is 10.8 Å². The molecule has 0 bridgehead atoms. The van der Waals surface area contributed by atoms with Crippen LogP contribution >= 0.6 is 12.4 Å². The highest BCUT2D eigenvalue weighted by Gasteiger charge is 1.85. The first-order valence-electron chi connectivity index (χ1n) is 3.60. The van der Waals surface area contributed by atoms with Gasteiger partial charge in [0.2, 0.25) is 0 Å². The van der Waals surface area contributed by atoms with Crippen LogP contribution in [0.1, 0.15) is 0 Å². The predicted octanol–water partition coefficient (Wildman–Crippen LogP) is 3.29. The third kappa shape index (κ3) is 2.73. The molecule has 0 amide bonds. The van der Waals surface area contributed by atoms with Crippen LogP contribution in [0.3, 0.4) is 0 Å². The molecule has 0 saturated carbocycles. The SMILES string of the molecule is Cl.N#N.c1ccc2ccccc2c1. The van der Waals surface area contributed by atoms with Gasteiger partial charge in [0.05, 0.1) is 0 Å². The second-order valence-electron chi connectivity index (χ2n) is 2.35. The first-order chi connectivity index (χ1) is 5.97. The van der Waals surface area contributed by atoms with Crippen molar-refractivity contribution in [3.05, 3.63) is 48.5 Å². The van der Waals surface area contributed by atoms with Gasteiger partial charge in [-0.05, 0) is 10.8 Å². The molecule has 0 unspecified atom stereocenters. The van der Waals surface area contributed by atoms with Gasteiger partial charge in [0.25, 0.3) is 0 Å². The summed E-state index contributed by atoms with van der Waals surface area (Å²) in [6.07, 6.45) is 0. The van der Waals surface area contributed by atoms with Crippen molar-refractivity contribution in [1.82, 2.24) is 0 Å². The van der Waals surface area contributed by atoms with Gasteiger partial charge in [-0.25, -0.2) is 0 Å². The highest BCUT2D eigenvalue weighted by atomic mass is 35.5. The fourth-order valence-electron chi connectivity index (χ4n) is 1.13. The van der Waals surface area contributed by atoms with E-state index in [-0.39, 0.29) is 12.4 Å². The molecule has 0 heterocycles. The standard InChI is InChI=1S/C10H8.ClH.N2/c1-2-6-10-8-4-3-7-9(10)5-1;;1-2/h1-8H;1H;. The van der Waals surface area contributed by atoms with E-state index in [1.165, 1.54) is 10.8 Å². The molecule has 2 nitrogen and oxygen atoms in total. The quantitative estimate of drug-likeness (QED) is 0.602. The highest BCUT2D eigenvalue weighted by molar-refractivity contribution is 5.85. The molecule has 0 aliphatic carbocycles. The summed E-state index contributed by atoms with van der Waals surface area (Å²) in [5.41, 5.74) is 0. The molecule has 0 aromatic heterocycles. The van der Waals surface area contributed by atoms with Gasteiger partial charge in [-0.15, -0.1) is 12.4 Å². The molecule has 0 aliphatic heterocycles.